The highest BCUT2D eigenvalue weighted by atomic mass is 32.1. The Morgan fingerprint density at radius 3 is 2.82 bits per heavy atom. The first-order valence-corrected chi connectivity index (χ1v) is 8.70. The van der Waals surface area contributed by atoms with Crippen LogP contribution in [0.15, 0.2) is 34.1 Å². The molecule has 1 aliphatic rings. The summed E-state index contributed by atoms with van der Waals surface area (Å²) in [6, 6.07) is 8.14. The van der Waals surface area contributed by atoms with E-state index in [1.54, 1.807) is 11.3 Å². The monoisotopic (exact) mass is 318 g/mol. The lowest BCUT2D eigenvalue weighted by Gasteiger charge is -2.26. The van der Waals surface area contributed by atoms with Crippen molar-refractivity contribution in [3.05, 3.63) is 46.0 Å². The normalized spacial score (nSPS) is 16.8. The molecule has 4 nitrogen and oxygen atoms in total. The van der Waals surface area contributed by atoms with E-state index in [-0.39, 0.29) is 11.9 Å². The molecule has 1 N–H and O–H groups in total. The molecule has 1 saturated heterocycles. The molecule has 1 amide bonds. The molecule has 2 aromatic heterocycles. The number of carbonyl (C=O) groups is 1. The molecule has 1 atom stereocenters. The molecule has 1 aliphatic heterocycles. The lowest BCUT2D eigenvalue weighted by molar-refractivity contribution is -0.120. The lowest BCUT2D eigenvalue weighted by atomic mass is 10.2. The second kappa shape index (κ2) is 7.11. The summed E-state index contributed by atoms with van der Waals surface area (Å²) in [4.78, 5) is 15.6. The van der Waals surface area contributed by atoms with Crippen LogP contribution in [0, 0.1) is 6.92 Å². The topological polar surface area (TPSA) is 45.5 Å². The average molecular weight is 318 g/mol. The van der Waals surface area contributed by atoms with E-state index in [0.29, 0.717) is 13.0 Å². The van der Waals surface area contributed by atoms with E-state index >= 15 is 0 Å². The molecule has 0 radical (unpaired) electrons. The summed E-state index contributed by atoms with van der Waals surface area (Å²) in [5.74, 6) is 1.95. The minimum Gasteiger partial charge on any atom is -0.465 e. The van der Waals surface area contributed by atoms with Crippen molar-refractivity contribution in [3.63, 3.8) is 0 Å². The van der Waals surface area contributed by atoms with Crippen LogP contribution >= 0.6 is 11.3 Å². The molecule has 3 rings (SSSR count). The van der Waals surface area contributed by atoms with Crippen LogP contribution in [0.1, 0.15) is 35.3 Å². The number of nitrogens with zero attached hydrogens (tertiary/aromatic N) is 1. The maximum Gasteiger partial charge on any atom is 0.225 e. The zero-order valence-electron chi connectivity index (χ0n) is 12.9. The van der Waals surface area contributed by atoms with Gasteiger partial charge < -0.3 is 9.73 Å². The van der Waals surface area contributed by atoms with Crippen molar-refractivity contribution in [1.29, 1.82) is 0 Å². The van der Waals surface area contributed by atoms with E-state index in [9.17, 15) is 4.79 Å². The third kappa shape index (κ3) is 3.78. The summed E-state index contributed by atoms with van der Waals surface area (Å²) in [5, 5.41) is 5.07. The summed E-state index contributed by atoms with van der Waals surface area (Å²) in [6.45, 7) is 4.72. The van der Waals surface area contributed by atoms with E-state index in [2.05, 4.69) is 10.2 Å². The fourth-order valence-electron chi connectivity index (χ4n) is 2.94. The standard InChI is InChI=1S/C17H22N2O2S/c1-13-6-7-16(21-13)15(19-8-2-3-9-19)12-18-17(20)11-14-5-4-10-22-14/h4-7,10,15H,2-3,8-9,11-12H2,1H3,(H,18,20)/t15-/m0/s1. The first-order valence-electron chi connectivity index (χ1n) is 7.82. The largest absolute Gasteiger partial charge is 0.465 e. The minimum atomic E-state index is 0.0786. The van der Waals surface area contributed by atoms with Gasteiger partial charge in [-0.15, -0.1) is 11.3 Å². The summed E-state index contributed by atoms with van der Waals surface area (Å²) in [7, 11) is 0. The number of nitrogens with one attached hydrogen (secondary N) is 1. The molecule has 22 heavy (non-hydrogen) atoms. The number of amides is 1. The fraction of sp³-hybridized carbons (Fsp3) is 0.471. The molecule has 0 bridgehead atoms. The highest BCUT2D eigenvalue weighted by Crippen LogP contribution is 2.26. The zero-order valence-corrected chi connectivity index (χ0v) is 13.7. The predicted molar refractivity (Wildman–Crippen MR) is 88.0 cm³/mol. The number of aryl methyl sites for hydroxylation is 1. The first-order chi connectivity index (χ1) is 10.7. The Balaban J connectivity index is 1.61. The van der Waals surface area contributed by atoms with Gasteiger partial charge in [0, 0.05) is 11.4 Å². The first kappa shape index (κ1) is 15.3. The summed E-state index contributed by atoms with van der Waals surface area (Å²) < 4.78 is 5.81. The van der Waals surface area contributed by atoms with Crippen molar-refractivity contribution in [3.8, 4) is 0 Å². The van der Waals surface area contributed by atoms with Crippen LogP contribution < -0.4 is 5.32 Å². The zero-order chi connectivity index (χ0) is 15.4. The number of carbonyl (C=O) groups excluding carboxylic acids is 1. The Morgan fingerprint density at radius 1 is 1.36 bits per heavy atom. The molecule has 5 heteroatoms. The van der Waals surface area contributed by atoms with Gasteiger partial charge in [0.1, 0.15) is 11.5 Å². The molecule has 0 spiro atoms. The molecule has 0 aromatic carbocycles. The number of likely N-dealkylation sites (tertiary alicyclic amines) is 1. The molecule has 2 aromatic rings. The van der Waals surface area contributed by atoms with Crippen LogP contribution in [-0.4, -0.2) is 30.4 Å². The van der Waals surface area contributed by atoms with Crippen LogP contribution in [0.25, 0.3) is 0 Å². The average Bonchev–Trinajstić information content (AvgIpc) is 3.22. The van der Waals surface area contributed by atoms with Crippen molar-refractivity contribution in [2.45, 2.75) is 32.2 Å². The van der Waals surface area contributed by atoms with Crippen LogP contribution in [0.2, 0.25) is 0 Å². The van der Waals surface area contributed by atoms with Gasteiger partial charge in [0.15, 0.2) is 0 Å². The number of hydrogen-bond donors (Lipinski definition) is 1. The molecule has 118 valence electrons. The van der Waals surface area contributed by atoms with Gasteiger partial charge in [-0.05, 0) is 56.4 Å². The van der Waals surface area contributed by atoms with Crippen molar-refractivity contribution in [2.75, 3.05) is 19.6 Å². The highest BCUT2D eigenvalue weighted by Gasteiger charge is 2.26. The SMILES string of the molecule is Cc1ccc([C@H](CNC(=O)Cc2cccs2)N2CCCC2)o1. The second-order valence-electron chi connectivity index (χ2n) is 5.77. The maximum atomic E-state index is 12.1. The van der Waals surface area contributed by atoms with Gasteiger partial charge in [0.2, 0.25) is 5.91 Å². The van der Waals surface area contributed by atoms with E-state index in [4.69, 9.17) is 4.42 Å². The Hall–Kier alpha value is -1.59. The third-order valence-corrected chi connectivity index (χ3v) is 4.95. The van der Waals surface area contributed by atoms with E-state index in [1.807, 2.05) is 36.6 Å². The molecule has 0 aliphatic carbocycles. The number of thiophene rings is 1. The highest BCUT2D eigenvalue weighted by molar-refractivity contribution is 7.10. The van der Waals surface area contributed by atoms with Gasteiger partial charge in [-0.3, -0.25) is 9.69 Å². The Morgan fingerprint density at radius 2 is 2.18 bits per heavy atom. The van der Waals surface area contributed by atoms with Gasteiger partial charge >= 0.3 is 0 Å². The number of furan rings is 1. The van der Waals surface area contributed by atoms with Crippen LogP contribution in [-0.2, 0) is 11.2 Å². The molecule has 0 saturated carbocycles. The van der Waals surface area contributed by atoms with E-state index in [1.165, 1.54) is 12.8 Å². The van der Waals surface area contributed by atoms with Crippen LogP contribution in [0.5, 0.6) is 0 Å². The van der Waals surface area contributed by atoms with Gasteiger partial charge in [0.25, 0.3) is 0 Å². The van der Waals surface area contributed by atoms with Gasteiger partial charge in [-0.25, -0.2) is 0 Å². The Bertz CT molecular complexity index is 600. The van der Waals surface area contributed by atoms with Crippen molar-refractivity contribution in [1.82, 2.24) is 10.2 Å². The van der Waals surface area contributed by atoms with Crippen LogP contribution in [0.4, 0.5) is 0 Å². The lowest BCUT2D eigenvalue weighted by Crippen LogP contribution is -2.37. The summed E-state index contributed by atoms with van der Waals surface area (Å²) in [6.07, 6.45) is 2.90. The Labute approximate surface area is 135 Å². The minimum absolute atomic E-state index is 0.0786. The van der Waals surface area contributed by atoms with E-state index < -0.39 is 0 Å². The Kier molecular flexibility index (Phi) is 4.95. The van der Waals surface area contributed by atoms with Crippen molar-refractivity contribution >= 4 is 17.2 Å². The van der Waals surface area contributed by atoms with Crippen LogP contribution in [0.3, 0.4) is 0 Å². The fourth-order valence-corrected chi connectivity index (χ4v) is 3.64. The van der Waals surface area contributed by atoms with Gasteiger partial charge in [-0.2, -0.15) is 0 Å². The summed E-state index contributed by atoms with van der Waals surface area (Å²) >= 11 is 1.62. The summed E-state index contributed by atoms with van der Waals surface area (Å²) in [5.41, 5.74) is 0. The molecular formula is C17H22N2O2S. The molecule has 0 unspecified atom stereocenters. The molecule has 3 heterocycles. The second-order valence-corrected chi connectivity index (χ2v) is 6.80. The maximum absolute atomic E-state index is 12.1. The van der Waals surface area contributed by atoms with Crippen molar-refractivity contribution in [2.24, 2.45) is 0 Å². The quantitative estimate of drug-likeness (QED) is 0.890. The van der Waals surface area contributed by atoms with Gasteiger partial charge in [-0.1, -0.05) is 6.07 Å². The third-order valence-electron chi connectivity index (χ3n) is 4.08. The smallest absolute Gasteiger partial charge is 0.225 e. The number of hydrogen-bond acceptors (Lipinski definition) is 4. The number of rotatable bonds is 6. The molecule has 1 fully saturated rings. The van der Waals surface area contributed by atoms with Gasteiger partial charge in [0.05, 0.1) is 12.5 Å². The molecular weight excluding hydrogens is 296 g/mol. The predicted octanol–water partition coefficient (Wildman–Crippen LogP) is 3.15. The van der Waals surface area contributed by atoms with E-state index in [0.717, 1.165) is 29.5 Å². The van der Waals surface area contributed by atoms with Crippen molar-refractivity contribution < 1.29 is 9.21 Å².